The summed E-state index contributed by atoms with van der Waals surface area (Å²) in [7, 11) is 1.83. The molecule has 0 N–H and O–H groups in total. The highest BCUT2D eigenvalue weighted by molar-refractivity contribution is 5.28. The third-order valence-corrected chi connectivity index (χ3v) is 2.55. The van der Waals surface area contributed by atoms with Crippen LogP contribution in [0.1, 0.15) is 0 Å². The van der Waals surface area contributed by atoms with E-state index in [4.69, 9.17) is 5.26 Å². The zero-order valence-electron chi connectivity index (χ0n) is 8.67. The summed E-state index contributed by atoms with van der Waals surface area (Å²) in [6.45, 7) is 4.03. The Kier molecular flexibility index (Phi) is 2.78. The molecule has 1 aliphatic rings. The van der Waals surface area contributed by atoms with Crippen LogP contribution in [0.15, 0.2) is 0 Å². The van der Waals surface area contributed by atoms with Gasteiger partial charge in [0.15, 0.2) is 0 Å². The molecule has 0 saturated carbocycles. The van der Waals surface area contributed by atoms with Gasteiger partial charge in [-0.2, -0.15) is 5.26 Å². The van der Waals surface area contributed by atoms with E-state index in [9.17, 15) is 0 Å². The van der Waals surface area contributed by atoms with Crippen LogP contribution in [0.2, 0.25) is 0 Å². The fourth-order valence-corrected chi connectivity index (χ4v) is 1.70. The summed E-state index contributed by atoms with van der Waals surface area (Å²) >= 11 is 0. The molecule has 1 aliphatic heterocycles. The molecule has 2 heterocycles. The number of rotatable bonds is 2. The van der Waals surface area contributed by atoms with Crippen molar-refractivity contribution in [2.45, 2.75) is 0 Å². The highest BCUT2D eigenvalue weighted by Gasteiger charge is 2.19. The van der Waals surface area contributed by atoms with Gasteiger partial charge in [0.2, 0.25) is 5.95 Å². The number of nitriles is 1. The molecule has 0 radical (unpaired) electrons. The molecule has 15 heavy (non-hydrogen) atoms. The zero-order valence-corrected chi connectivity index (χ0v) is 8.67. The van der Waals surface area contributed by atoms with Crippen molar-refractivity contribution in [1.82, 2.24) is 25.1 Å². The minimum atomic E-state index is 0.505. The number of hydrogen-bond donors (Lipinski definition) is 0. The van der Waals surface area contributed by atoms with Crippen molar-refractivity contribution in [1.29, 1.82) is 5.26 Å². The van der Waals surface area contributed by atoms with Crippen molar-refractivity contribution < 1.29 is 0 Å². The Labute approximate surface area is 87.9 Å². The van der Waals surface area contributed by atoms with Crippen LogP contribution in [0.5, 0.6) is 0 Å². The smallest absolute Gasteiger partial charge is 0.245 e. The van der Waals surface area contributed by atoms with Crippen molar-refractivity contribution in [3.05, 3.63) is 0 Å². The van der Waals surface area contributed by atoms with Gasteiger partial charge < -0.3 is 4.90 Å². The average Bonchev–Trinajstić information content (AvgIpc) is 2.66. The van der Waals surface area contributed by atoms with Gasteiger partial charge in [-0.1, -0.05) is 5.10 Å². The number of tetrazole rings is 1. The first-order chi connectivity index (χ1) is 7.31. The average molecular weight is 207 g/mol. The molecule has 2 rings (SSSR count). The van der Waals surface area contributed by atoms with Crippen molar-refractivity contribution in [3.8, 4) is 6.07 Å². The van der Waals surface area contributed by atoms with Crippen LogP contribution < -0.4 is 4.90 Å². The summed E-state index contributed by atoms with van der Waals surface area (Å²) in [5, 5.41) is 19.9. The lowest BCUT2D eigenvalue weighted by atomic mass is 10.3. The van der Waals surface area contributed by atoms with Gasteiger partial charge >= 0.3 is 0 Å². The van der Waals surface area contributed by atoms with E-state index < -0.39 is 0 Å². The van der Waals surface area contributed by atoms with Gasteiger partial charge in [-0.05, 0) is 10.4 Å². The van der Waals surface area contributed by atoms with Crippen LogP contribution in [0.4, 0.5) is 5.95 Å². The Hall–Kier alpha value is -1.68. The zero-order chi connectivity index (χ0) is 10.7. The van der Waals surface area contributed by atoms with Crippen LogP contribution in [0.25, 0.3) is 0 Å². The summed E-state index contributed by atoms with van der Waals surface area (Å²) in [5.74, 6) is 0.798. The molecule has 0 aromatic carbocycles. The predicted octanol–water partition coefficient (Wildman–Crippen LogP) is -1.14. The maximum Gasteiger partial charge on any atom is 0.245 e. The minimum absolute atomic E-state index is 0.505. The molecule has 1 aromatic heterocycles. The number of nitrogens with zero attached hydrogens (tertiary/aromatic N) is 7. The monoisotopic (exact) mass is 207 g/mol. The van der Waals surface area contributed by atoms with Gasteiger partial charge in [-0.25, -0.2) is 4.68 Å². The quantitative estimate of drug-likeness (QED) is 0.570. The van der Waals surface area contributed by atoms with Crippen LogP contribution in [0.3, 0.4) is 0 Å². The topological polar surface area (TPSA) is 73.9 Å². The number of hydrogen-bond acceptors (Lipinski definition) is 6. The molecular formula is C8H13N7. The highest BCUT2D eigenvalue weighted by Crippen LogP contribution is 2.10. The lowest BCUT2D eigenvalue weighted by Crippen LogP contribution is -2.47. The first kappa shape index (κ1) is 9.86. The molecule has 7 heteroatoms. The summed E-state index contributed by atoms with van der Waals surface area (Å²) in [6.07, 6.45) is 0. The highest BCUT2D eigenvalue weighted by atomic mass is 15.6. The third kappa shape index (κ3) is 2.05. The Morgan fingerprint density at radius 1 is 1.33 bits per heavy atom. The van der Waals surface area contributed by atoms with Gasteiger partial charge in [0.05, 0.1) is 12.6 Å². The molecule has 0 unspecified atom stereocenters. The van der Waals surface area contributed by atoms with E-state index >= 15 is 0 Å². The molecule has 1 fully saturated rings. The fraction of sp³-hybridized carbons (Fsp3) is 0.750. The molecule has 0 amide bonds. The molecule has 0 bridgehead atoms. The minimum Gasteiger partial charge on any atom is -0.337 e. The predicted molar refractivity (Wildman–Crippen MR) is 53.1 cm³/mol. The van der Waals surface area contributed by atoms with E-state index in [0.29, 0.717) is 6.54 Å². The third-order valence-electron chi connectivity index (χ3n) is 2.55. The summed E-state index contributed by atoms with van der Waals surface area (Å²) in [6, 6.07) is 2.16. The first-order valence-electron chi connectivity index (χ1n) is 4.88. The van der Waals surface area contributed by atoms with Crippen molar-refractivity contribution in [2.24, 2.45) is 7.05 Å². The Bertz CT molecular complexity index is 357. The largest absolute Gasteiger partial charge is 0.337 e. The Balaban J connectivity index is 1.94. The Morgan fingerprint density at radius 2 is 2.07 bits per heavy atom. The van der Waals surface area contributed by atoms with Gasteiger partial charge in [-0.3, -0.25) is 4.90 Å². The van der Waals surface area contributed by atoms with Gasteiger partial charge in [0, 0.05) is 33.2 Å². The van der Waals surface area contributed by atoms with Gasteiger partial charge in [0.1, 0.15) is 0 Å². The van der Waals surface area contributed by atoms with Gasteiger partial charge in [-0.15, -0.1) is 0 Å². The number of aryl methyl sites for hydroxylation is 1. The standard InChI is InChI=1S/C8H13N7/c1-13-8(10-11-12-13)15-6-4-14(3-2-9)5-7-15/h3-7H2,1H3. The van der Waals surface area contributed by atoms with Crippen molar-refractivity contribution in [2.75, 3.05) is 37.6 Å². The fourth-order valence-electron chi connectivity index (χ4n) is 1.70. The lowest BCUT2D eigenvalue weighted by molar-refractivity contribution is 0.284. The molecular weight excluding hydrogens is 194 g/mol. The molecule has 1 aromatic rings. The van der Waals surface area contributed by atoms with E-state index in [-0.39, 0.29) is 0 Å². The molecule has 0 spiro atoms. The van der Waals surface area contributed by atoms with Crippen LogP contribution in [-0.2, 0) is 7.05 Å². The van der Waals surface area contributed by atoms with Crippen LogP contribution in [-0.4, -0.2) is 57.8 Å². The number of piperazine rings is 1. The SMILES string of the molecule is Cn1nnnc1N1CCN(CC#N)CC1. The second-order valence-electron chi connectivity index (χ2n) is 3.52. The molecule has 0 aliphatic carbocycles. The van der Waals surface area contributed by atoms with Crippen molar-refractivity contribution >= 4 is 5.95 Å². The van der Waals surface area contributed by atoms with Crippen LogP contribution >= 0.6 is 0 Å². The van der Waals surface area contributed by atoms with E-state index in [2.05, 4.69) is 31.4 Å². The summed E-state index contributed by atoms with van der Waals surface area (Å²) < 4.78 is 1.67. The number of anilines is 1. The van der Waals surface area contributed by atoms with Gasteiger partial charge in [0.25, 0.3) is 0 Å². The maximum absolute atomic E-state index is 8.57. The normalized spacial score (nSPS) is 17.7. The Morgan fingerprint density at radius 3 is 2.60 bits per heavy atom. The number of aromatic nitrogens is 4. The van der Waals surface area contributed by atoms with Crippen LogP contribution in [0, 0.1) is 11.3 Å². The van der Waals surface area contributed by atoms with E-state index in [0.717, 1.165) is 32.1 Å². The second kappa shape index (κ2) is 4.23. The maximum atomic E-state index is 8.57. The summed E-state index contributed by atoms with van der Waals surface area (Å²) in [5.41, 5.74) is 0. The molecule has 1 saturated heterocycles. The molecule has 80 valence electrons. The lowest BCUT2D eigenvalue weighted by Gasteiger charge is -2.33. The molecule has 0 atom stereocenters. The van der Waals surface area contributed by atoms with E-state index in [1.165, 1.54) is 0 Å². The second-order valence-corrected chi connectivity index (χ2v) is 3.52. The first-order valence-corrected chi connectivity index (χ1v) is 4.88. The van der Waals surface area contributed by atoms with E-state index in [1.807, 2.05) is 7.05 Å². The summed E-state index contributed by atoms with van der Waals surface area (Å²) in [4.78, 5) is 4.26. The van der Waals surface area contributed by atoms with E-state index in [1.54, 1.807) is 4.68 Å². The van der Waals surface area contributed by atoms with Crippen molar-refractivity contribution in [3.63, 3.8) is 0 Å². The molecule has 7 nitrogen and oxygen atoms in total.